The van der Waals surface area contributed by atoms with Gasteiger partial charge < -0.3 is 5.73 Å². The molecule has 1 aromatic carbocycles. The molecule has 2 rings (SSSR count). The van der Waals surface area contributed by atoms with E-state index in [1.807, 2.05) is 24.3 Å². The van der Waals surface area contributed by atoms with Crippen LogP contribution in [-0.4, -0.2) is 16.8 Å². The van der Waals surface area contributed by atoms with Crippen LogP contribution in [0, 0.1) is 0 Å². The zero-order chi connectivity index (χ0) is 12.8. The van der Waals surface area contributed by atoms with Gasteiger partial charge in [0, 0.05) is 29.1 Å². The van der Waals surface area contributed by atoms with Gasteiger partial charge in [-0.25, -0.2) is 0 Å². The Morgan fingerprint density at radius 1 is 1.22 bits per heavy atom. The number of thioether (sulfide) groups is 1. The van der Waals surface area contributed by atoms with Gasteiger partial charge in [0.05, 0.1) is 5.02 Å². The molecule has 1 aromatic heterocycles. The second kappa shape index (κ2) is 6.78. The zero-order valence-corrected chi connectivity index (χ0v) is 11.5. The molecular weight excluding hydrogens is 264 g/mol. The van der Waals surface area contributed by atoms with Crippen LogP contribution >= 0.6 is 23.4 Å². The summed E-state index contributed by atoms with van der Waals surface area (Å²) in [5, 5.41) is 0.692. The molecule has 0 fully saturated rings. The second-order valence-corrected chi connectivity index (χ2v) is 5.56. The highest BCUT2D eigenvalue weighted by Crippen LogP contribution is 2.20. The second-order valence-electron chi connectivity index (χ2n) is 4.06. The van der Waals surface area contributed by atoms with E-state index in [1.54, 1.807) is 24.2 Å². The van der Waals surface area contributed by atoms with Gasteiger partial charge in [0.15, 0.2) is 0 Å². The van der Waals surface area contributed by atoms with Gasteiger partial charge in [0.2, 0.25) is 0 Å². The standard InChI is InChI=1S/C14H15ClN2S/c15-14-9-17-7-6-11(14)8-12(16)10-18-13-4-2-1-3-5-13/h1-7,9,12H,8,10,16H2. The summed E-state index contributed by atoms with van der Waals surface area (Å²) in [6.45, 7) is 0. The zero-order valence-electron chi connectivity index (χ0n) is 9.92. The Hall–Kier alpha value is -1.03. The molecule has 0 spiro atoms. The number of pyridine rings is 1. The topological polar surface area (TPSA) is 38.9 Å². The first kappa shape index (κ1) is 13.4. The van der Waals surface area contributed by atoms with E-state index in [-0.39, 0.29) is 6.04 Å². The highest BCUT2D eigenvalue weighted by Gasteiger charge is 2.07. The van der Waals surface area contributed by atoms with Gasteiger partial charge in [0.1, 0.15) is 0 Å². The summed E-state index contributed by atoms with van der Waals surface area (Å²) in [5.74, 6) is 0.878. The number of halogens is 1. The van der Waals surface area contributed by atoms with Crippen molar-refractivity contribution < 1.29 is 0 Å². The normalized spacial score (nSPS) is 12.3. The summed E-state index contributed by atoms with van der Waals surface area (Å²) < 4.78 is 0. The number of hydrogen-bond acceptors (Lipinski definition) is 3. The van der Waals surface area contributed by atoms with Crippen LogP contribution in [0.25, 0.3) is 0 Å². The van der Waals surface area contributed by atoms with Crippen molar-refractivity contribution >= 4 is 23.4 Å². The van der Waals surface area contributed by atoms with Crippen LogP contribution in [0.15, 0.2) is 53.7 Å². The Kier molecular flexibility index (Phi) is 5.05. The molecule has 18 heavy (non-hydrogen) atoms. The fraction of sp³-hybridized carbons (Fsp3) is 0.214. The quantitative estimate of drug-likeness (QED) is 0.852. The first-order valence-electron chi connectivity index (χ1n) is 5.77. The van der Waals surface area contributed by atoms with Crippen molar-refractivity contribution in [3.63, 3.8) is 0 Å². The Labute approximate surface area is 117 Å². The Balaban J connectivity index is 1.86. The average Bonchev–Trinajstić information content (AvgIpc) is 2.40. The molecule has 0 aliphatic carbocycles. The summed E-state index contributed by atoms with van der Waals surface area (Å²) in [4.78, 5) is 5.21. The number of nitrogens with zero attached hydrogens (tertiary/aromatic N) is 1. The lowest BCUT2D eigenvalue weighted by molar-refractivity contribution is 0.748. The molecule has 1 atom stereocenters. The third-order valence-electron chi connectivity index (χ3n) is 2.55. The molecular formula is C14H15ClN2S. The minimum atomic E-state index is 0.0927. The van der Waals surface area contributed by atoms with Crippen molar-refractivity contribution in [1.29, 1.82) is 0 Å². The molecule has 1 heterocycles. The maximum Gasteiger partial charge on any atom is 0.0621 e. The van der Waals surface area contributed by atoms with Gasteiger partial charge in [-0.2, -0.15) is 0 Å². The largest absolute Gasteiger partial charge is 0.327 e. The molecule has 0 bridgehead atoms. The monoisotopic (exact) mass is 278 g/mol. The van der Waals surface area contributed by atoms with Gasteiger partial charge >= 0.3 is 0 Å². The predicted molar refractivity (Wildman–Crippen MR) is 78.1 cm³/mol. The smallest absolute Gasteiger partial charge is 0.0621 e. The Bertz CT molecular complexity index is 490. The van der Waals surface area contributed by atoms with Crippen molar-refractivity contribution in [2.75, 3.05) is 5.75 Å². The van der Waals surface area contributed by atoms with Crippen LogP contribution in [0.1, 0.15) is 5.56 Å². The maximum absolute atomic E-state index is 6.12. The van der Waals surface area contributed by atoms with E-state index >= 15 is 0 Å². The number of nitrogens with two attached hydrogens (primary N) is 1. The van der Waals surface area contributed by atoms with E-state index in [0.717, 1.165) is 17.7 Å². The minimum Gasteiger partial charge on any atom is -0.327 e. The fourth-order valence-corrected chi connectivity index (χ4v) is 2.70. The van der Waals surface area contributed by atoms with Crippen LogP contribution in [0.2, 0.25) is 5.02 Å². The van der Waals surface area contributed by atoms with Gasteiger partial charge in [-0.15, -0.1) is 11.8 Å². The lowest BCUT2D eigenvalue weighted by Crippen LogP contribution is -2.25. The minimum absolute atomic E-state index is 0.0927. The SMILES string of the molecule is NC(CSc1ccccc1)Cc1ccncc1Cl. The molecule has 2 nitrogen and oxygen atoms in total. The molecule has 1 unspecified atom stereocenters. The van der Waals surface area contributed by atoms with E-state index in [0.29, 0.717) is 5.02 Å². The van der Waals surface area contributed by atoms with Gasteiger partial charge in [0.25, 0.3) is 0 Å². The van der Waals surface area contributed by atoms with E-state index in [4.69, 9.17) is 17.3 Å². The fourth-order valence-electron chi connectivity index (χ4n) is 1.63. The molecule has 0 radical (unpaired) electrons. The Morgan fingerprint density at radius 2 is 2.00 bits per heavy atom. The first-order valence-corrected chi connectivity index (χ1v) is 7.14. The molecule has 0 saturated carbocycles. The summed E-state index contributed by atoms with van der Waals surface area (Å²) >= 11 is 7.83. The molecule has 0 aliphatic heterocycles. The highest BCUT2D eigenvalue weighted by atomic mass is 35.5. The van der Waals surface area contributed by atoms with Crippen LogP contribution in [-0.2, 0) is 6.42 Å². The van der Waals surface area contributed by atoms with Crippen molar-refractivity contribution in [3.8, 4) is 0 Å². The van der Waals surface area contributed by atoms with E-state index < -0.39 is 0 Å². The summed E-state index contributed by atoms with van der Waals surface area (Å²) in [6.07, 6.45) is 4.19. The number of benzene rings is 1. The molecule has 0 saturated heterocycles. The molecule has 2 N–H and O–H groups in total. The number of aromatic nitrogens is 1. The van der Waals surface area contributed by atoms with E-state index in [9.17, 15) is 0 Å². The van der Waals surface area contributed by atoms with Crippen molar-refractivity contribution in [3.05, 3.63) is 59.4 Å². The Morgan fingerprint density at radius 3 is 2.72 bits per heavy atom. The predicted octanol–water partition coefficient (Wildman–Crippen LogP) is 3.40. The van der Waals surface area contributed by atoms with Crippen molar-refractivity contribution in [2.24, 2.45) is 5.73 Å². The molecule has 94 valence electrons. The first-order chi connectivity index (χ1) is 8.75. The van der Waals surface area contributed by atoms with Crippen LogP contribution in [0.3, 0.4) is 0 Å². The van der Waals surface area contributed by atoms with Gasteiger partial charge in [-0.05, 0) is 30.2 Å². The van der Waals surface area contributed by atoms with Crippen molar-refractivity contribution in [1.82, 2.24) is 4.98 Å². The molecule has 0 aliphatic rings. The number of rotatable bonds is 5. The van der Waals surface area contributed by atoms with E-state index in [2.05, 4.69) is 17.1 Å². The van der Waals surface area contributed by atoms with Crippen LogP contribution in [0.4, 0.5) is 0 Å². The van der Waals surface area contributed by atoms with Gasteiger partial charge in [-0.3, -0.25) is 4.98 Å². The van der Waals surface area contributed by atoms with E-state index in [1.165, 1.54) is 4.90 Å². The summed E-state index contributed by atoms with van der Waals surface area (Å²) in [7, 11) is 0. The van der Waals surface area contributed by atoms with Gasteiger partial charge in [-0.1, -0.05) is 29.8 Å². The highest BCUT2D eigenvalue weighted by molar-refractivity contribution is 7.99. The molecule has 0 amide bonds. The summed E-state index contributed by atoms with van der Waals surface area (Å²) in [6, 6.07) is 12.3. The van der Waals surface area contributed by atoms with Crippen molar-refractivity contribution in [2.45, 2.75) is 17.4 Å². The summed E-state index contributed by atoms with van der Waals surface area (Å²) in [5.41, 5.74) is 7.19. The maximum atomic E-state index is 6.12. The third-order valence-corrected chi connectivity index (χ3v) is 4.09. The lowest BCUT2D eigenvalue weighted by Gasteiger charge is -2.12. The molecule has 4 heteroatoms. The van der Waals surface area contributed by atoms with Crippen LogP contribution in [0.5, 0.6) is 0 Å². The van der Waals surface area contributed by atoms with Crippen LogP contribution < -0.4 is 5.73 Å². The lowest BCUT2D eigenvalue weighted by atomic mass is 10.1. The molecule has 2 aromatic rings. The number of hydrogen-bond donors (Lipinski definition) is 1. The average molecular weight is 279 g/mol. The third kappa shape index (κ3) is 4.02.